The van der Waals surface area contributed by atoms with E-state index in [-0.39, 0.29) is 6.04 Å². The third-order valence-corrected chi connectivity index (χ3v) is 3.79. The fraction of sp³-hybridized carbons (Fsp3) is 0.375. The van der Waals surface area contributed by atoms with Crippen LogP contribution in [0.15, 0.2) is 36.7 Å². The minimum absolute atomic E-state index is 0.241. The zero-order chi connectivity index (χ0) is 15.4. The molecule has 2 heterocycles. The number of anilines is 2. The monoisotopic (exact) mass is 302 g/mol. The highest BCUT2D eigenvalue weighted by molar-refractivity contribution is 5.51. The van der Waals surface area contributed by atoms with Crippen LogP contribution < -0.4 is 15.0 Å². The second kappa shape index (κ2) is 6.60. The van der Waals surface area contributed by atoms with Crippen molar-refractivity contribution >= 4 is 11.6 Å². The summed E-state index contributed by atoms with van der Waals surface area (Å²) in [4.78, 5) is 10.2. The van der Waals surface area contributed by atoms with Gasteiger partial charge in [-0.3, -0.25) is 0 Å². The van der Waals surface area contributed by atoms with Gasteiger partial charge in [0.2, 0.25) is 5.95 Å². The van der Waals surface area contributed by atoms with Gasteiger partial charge < -0.3 is 15.0 Å². The van der Waals surface area contributed by atoms with Gasteiger partial charge in [0.25, 0.3) is 0 Å². The van der Waals surface area contributed by atoms with Crippen molar-refractivity contribution in [2.75, 3.05) is 30.4 Å². The van der Waals surface area contributed by atoms with Crippen molar-refractivity contribution in [1.82, 2.24) is 9.97 Å². The molecule has 1 N–H and O–H groups in total. The number of ether oxygens (including phenoxy) is 1. The molecule has 1 aromatic heterocycles. The molecule has 1 aromatic carbocycles. The van der Waals surface area contributed by atoms with Crippen LogP contribution in [0.2, 0.25) is 0 Å². The SMILES string of the molecule is COc1cccc(N2CCC[C@H](Nc3ncc(F)cn3)C2)c1. The summed E-state index contributed by atoms with van der Waals surface area (Å²) < 4.78 is 18.1. The van der Waals surface area contributed by atoms with Gasteiger partial charge in [0.1, 0.15) is 5.75 Å². The molecular weight excluding hydrogens is 283 g/mol. The summed E-state index contributed by atoms with van der Waals surface area (Å²) in [5.41, 5.74) is 1.14. The standard InChI is InChI=1S/C16H19FN4O/c1-22-15-6-2-5-14(8-15)21-7-3-4-13(11-21)20-16-18-9-12(17)10-19-16/h2,5-6,8-10,13H,3-4,7,11H2,1H3,(H,18,19,20)/t13-/m0/s1. The Hall–Kier alpha value is -2.37. The molecule has 0 amide bonds. The van der Waals surface area contributed by atoms with E-state index in [9.17, 15) is 4.39 Å². The lowest BCUT2D eigenvalue weighted by Gasteiger charge is -2.34. The number of hydrogen-bond donors (Lipinski definition) is 1. The van der Waals surface area contributed by atoms with Gasteiger partial charge in [-0.1, -0.05) is 6.07 Å². The van der Waals surface area contributed by atoms with Crippen molar-refractivity contribution in [3.05, 3.63) is 42.5 Å². The van der Waals surface area contributed by atoms with E-state index in [0.29, 0.717) is 5.95 Å². The zero-order valence-electron chi connectivity index (χ0n) is 12.5. The third kappa shape index (κ3) is 3.44. The molecule has 5 nitrogen and oxygen atoms in total. The summed E-state index contributed by atoms with van der Waals surface area (Å²) in [6.07, 6.45) is 4.48. The summed E-state index contributed by atoms with van der Waals surface area (Å²) >= 11 is 0. The minimum Gasteiger partial charge on any atom is -0.497 e. The lowest BCUT2D eigenvalue weighted by atomic mass is 10.0. The van der Waals surface area contributed by atoms with Gasteiger partial charge >= 0.3 is 0 Å². The molecule has 0 bridgehead atoms. The molecule has 0 spiro atoms. The lowest BCUT2D eigenvalue weighted by molar-refractivity contribution is 0.414. The van der Waals surface area contributed by atoms with E-state index in [1.807, 2.05) is 18.2 Å². The van der Waals surface area contributed by atoms with Crippen LogP contribution in [0, 0.1) is 5.82 Å². The smallest absolute Gasteiger partial charge is 0.223 e. The Morgan fingerprint density at radius 3 is 2.91 bits per heavy atom. The largest absolute Gasteiger partial charge is 0.497 e. The first-order valence-electron chi connectivity index (χ1n) is 7.37. The van der Waals surface area contributed by atoms with Crippen molar-refractivity contribution in [2.24, 2.45) is 0 Å². The Morgan fingerprint density at radius 1 is 1.32 bits per heavy atom. The molecule has 1 atom stereocenters. The van der Waals surface area contributed by atoms with Crippen molar-refractivity contribution in [2.45, 2.75) is 18.9 Å². The van der Waals surface area contributed by atoms with Crippen molar-refractivity contribution < 1.29 is 9.13 Å². The molecule has 116 valence electrons. The molecule has 6 heteroatoms. The normalized spacial score (nSPS) is 18.1. The Bertz CT molecular complexity index is 620. The number of nitrogens with zero attached hydrogens (tertiary/aromatic N) is 3. The number of halogens is 1. The maximum Gasteiger partial charge on any atom is 0.223 e. The van der Waals surface area contributed by atoms with Gasteiger partial charge in [0, 0.05) is 30.9 Å². The van der Waals surface area contributed by atoms with Crippen LogP contribution in [0.3, 0.4) is 0 Å². The van der Waals surface area contributed by atoms with Crippen LogP contribution in [0.1, 0.15) is 12.8 Å². The molecule has 0 radical (unpaired) electrons. The summed E-state index contributed by atoms with van der Waals surface area (Å²) in [5, 5.41) is 3.27. The van der Waals surface area contributed by atoms with Crippen molar-refractivity contribution in [3.8, 4) is 5.75 Å². The summed E-state index contributed by atoms with van der Waals surface area (Å²) in [6, 6.07) is 8.30. The van der Waals surface area contributed by atoms with Crippen LogP contribution in [-0.4, -0.2) is 36.2 Å². The van der Waals surface area contributed by atoms with Gasteiger partial charge in [0.15, 0.2) is 5.82 Å². The Balaban J connectivity index is 1.67. The average molecular weight is 302 g/mol. The number of methoxy groups -OCH3 is 1. The van der Waals surface area contributed by atoms with Gasteiger partial charge in [-0.25, -0.2) is 14.4 Å². The van der Waals surface area contributed by atoms with Crippen LogP contribution in [0.5, 0.6) is 5.75 Å². The topological polar surface area (TPSA) is 50.3 Å². The van der Waals surface area contributed by atoms with Crippen LogP contribution in [0.25, 0.3) is 0 Å². The van der Waals surface area contributed by atoms with Gasteiger partial charge in [0.05, 0.1) is 19.5 Å². The summed E-state index contributed by atoms with van der Waals surface area (Å²) in [5.74, 6) is 0.903. The molecule has 1 aliphatic heterocycles. The highest BCUT2D eigenvalue weighted by Gasteiger charge is 2.21. The molecule has 0 saturated carbocycles. The predicted molar refractivity (Wildman–Crippen MR) is 83.8 cm³/mol. The molecule has 1 fully saturated rings. The molecule has 3 rings (SSSR count). The second-order valence-corrected chi connectivity index (χ2v) is 5.36. The maximum atomic E-state index is 12.8. The molecule has 1 aliphatic rings. The first-order valence-corrected chi connectivity index (χ1v) is 7.37. The first kappa shape index (κ1) is 14.6. The highest BCUT2D eigenvalue weighted by atomic mass is 19.1. The summed E-state index contributed by atoms with van der Waals surface area (Å²) in [7, 11) is 1.67. The number of benzene rings is 1. The predicted octanol–water partition coefficient (Wildman–Crippen LogP) is 2.71. The van der Waals surface area contributed by atoms with E-state index in [1.54, 1.807) is 7.11 Å². The van der Waals surface area contributed by atoms with Crippen molar-refractivity contribution in [3.63, 3.8) is 0 Å². The molecule has 0 aliphatic carbocycles. The molecular formula is C16H19FN4O. The van der Waals surface area contributed by atoms with E-state index in [0.717, 1.165) is 37.4 Å². The highest BCUT2D eigenvalue weighted by Crippen LogP contribution is 2.24. The molecule has 1 saturated heterocycles. The van der Waals surface area contributed by atoms with Crippen LogP contribution in [-0.2, 0) is 0 Å². The van der Waals surface area contributed by atoms with Gasteiger partial charge in [-0.15, -0.1) is 0 Å². The van der Waals surface area contributed by atoms with E-state index in [1.165, 1.54) is 12.4 Å². The average Bonchev–Trinajstić information content (AvgIpc) is 2.57. The number of aromatic nitrogens is 2. The Morgan fingerprint density at radius 2 is 2.14 bits per heavy atom. The van der Waals surface area contributed by atoms with Crippen LogP contribution >= 0.6 is 0 Å². The molecule has 2 aromatic rings. The molecule has 22 heavy (non-hydrogen) atoms. The quantitative estimate of drug-likeness (QED) is 0.941. The van der Waals surface area contributed by atoms with E-state index in [4.69, 9.17) is 4.74 Å². The van der Waals surface area contributed by atoms with E-state index < -0.39 is 5.82 Å². The summed E-state index contributed by atoms with van der Waals surface area (Å²) in [6.45, 7) is 1.86. The van der Waals surface area contributed by atoms with Crippen molar-refractivity contribution in [1.29, 1.82) is 0 Å². The van der Waals surface area contributed by atoms with Gasteiger partial charge in [-0.2, -0.15) is 0 Å². The first-order chi connectivity index (χ1) is 10.7. The Kier molecular flexibility index (Phi) is 4.37. The molecule has 0 unspecified atom stereocenters. The van der Waals surface area contributed by atoms with E-state index >= 15 is 0 Å². The third-order valence-electron chi connectivity index (χ3n) is 3.79. The zero-order valence-corrected chi connectivity index (χ0v) is 12.5. The maximum absolute atomic E-state index is 12.8. The van der Waals surface area contributed by atoms with Gasteiger partial charge in [-0.05, 0) is 25.0 Å². The number of hydrogen-bond acceptors (Lipinski definition) is 5. The van der Waals surface area contributed by atoms with Crippen LogP contribution in [0.4, 0.5) is 16.0 Å². The number of nitrogens with one attached hydrogen (secondary N) is 1. The Labute approximate surface area is 129 Å². The minimum atomic E-state index is -0.424. The second-order valence-electron chi connectivity index (χ2n) is 5.36. The van der Waals surface area contributed by atoms with E-state index in [2.05, 4.69) is 26.3 Å². The lowest BCUT2D eigenvalue weighted by Crippen LogP contribution is -2.42. The number of rotatable bonds is 4. The fourth-order valence-corrected chi connectivity index (χ4v) is 2.71. The fourth-order valence-electron chi connectivity index (χ4n) is 2.71. The number of piperidine rings is 1.